The third-order valence-electron chi connectivity index (χ3n) is 4.52. The van der Waals surface area contributed by atoms with Gasteiger partial charge in [0, 0.05) is 25.6 Å². The summed E-state index contributed by atoms with van der Waals surface area (Å²) < 4.78 is 6.20. The van der Waals surface area contributed by atoms with Gasteiger partial charge in [-0.3, -0.25) is 4.79 Å². The number of ether oxygens (including phenoxy) is 1. The molecule has 2 aromatic rings. The van der Waals surface area contributed by atoms with Crippen LogP contribution in [0.5, 0.6) is 0 Å². The van der Waals surface area contributed by atoms with Crippen molar-refractivity contribution in [1.29, 1.82) is 0 Å². The molecule has 0 spiro atoms. The van der Waals surface area contributed by atoms with Gasteiger partial charge in [0.25, 0.3) is 0 Å². The SMILES string of the molecule is CCOC(=O)N1CCC(NC(=O)CCCc2nc3ccccc3s2)CC1. The number of nitrogens with one attached hydrogen (secondary N) is 1. The fourth-order valence-corrected chi connectivity index (χ4v) is 4.16. The van der Waals surface area contributed by atoms with Gasteiger partial charge in [-0.1, -0.05) is 12.1 Å². The highest BCUT2D eigenvalue weighted by atomic mass is 32.1. The zero-order chi connectivity index (χ0) is 18.4. The fourth-order valence-electron chi connectivity index (χ4n) is 3.15. The number of benzene rings is 1. The number of para-hydroxylation sites is 1. The highest BCUT2D eigenvalue weighted by Crippen LogP contribution is 2.22. The van der Waals surface area contributed by atoms with Crippen LogP contribution in [0.2, 0.25) is 0 Å². The van der Waals surface area contributed by atoms with Crippen LogP contribution in [-0.2, 0) is 16.0 Å². The van der Waals surface area contributed by atoms with Gasteiger partial charge in [0.2, 0.25) is 5.91 Å². The molecule has 6 nitrogen and oxygen atoms in total. The van der Waals surface area contributed by atoms with Crippen molar-refractivity contribution < 1.29 is 14.3 Å². The lowest BCUT2D eigenvalue weighted by atomic mass is 10.1. The molecule has 0 bridgehead atoms. The van der Waals surface area contributed by atoms with E-state index in [9.17, 15) is 9.59 Å². The Morgan fingerprint density at radius 3 is 2.81 bits per heavy atom. The first-order valence-corrected chi connectivity index (χ1v) is 10.0. The van der Waals surface area contributed by atoms with E-state index in [4.69, 9.17) is 4.74 Å². The molecule has 1 aliphatic heterocycles. The molecule has 0 aliphatic carbocycles. The number of carbonyl (C=O) groups excluding carboxylic acids is 2. The highest BCUT2D eigenvalue weighted by Gasteiger charge is 2.24. The van der Waals surface area contributed by atoms with Gasteiger partial charge in [0.15, 0.2) is 0 Å². The van der Waals surface area contributed by atoms with Gasteiger partial charge in [0.1, 0.15) is 0 Å². The summed E-state index contributed by atoms with van der Waals surface area (Å²) in [4.78, 5) is 30.1. The van der Waals surface area contributed by atoms with Crippen LogP contribution in [0.15, 0.2) is 24.3 Å². The average Bonchev–Trinajstić information content (AvgIpc) is 3.05. The van der Waals surface area contributed by atoms with Crippen molar-refractivity contribution >= 4 is 33.6 Å². The van der Waals surface area contributed by atoms with Gasteiger partial charge < -0.3 is 15.0 Å². The van der Waals surface area contributed by atoms with Crippen molar-refractivity contribution in [1.82, 2.24) is 15.2 Å². The summed E-state index contributed by atoms with van der Waals surface area (Å²) in [6.45, 7) is 3.47. The smallest absolute Gasteiger partial charge is 0.409 e. The third-order valence-corrected chi connectivity index (χ3v) is 5.61. The Morgan fingerprint density at radius 2 is 2.08 bits per heavy atom. The molecule has 140 valence electrons. The lowest BCUT2D eigenvalue weighted by Gasteiger charge is -2.31. The summed E-state index contributed by atoms with van der Waals surface area (Å²) >= 11 is 1.70. The summed E-state index contributed by atoms with van der Waals surface area (Å²) in [6, 6.07) is 8.25. The van der Waals surface area contributed by atoms with Crippen LogP contribution in [-0.4, -0.2) is 47.6 Å². The van der Waals surface area contributed by atoms with E-state index in [2.05, 4.69) is 16.4 Å². The van der Waals surface area contributed by atoms with E-state index in [0.29, 0.717) is 26.1 Å². The zero-order valence-corrected chi connectivity index (χ0v) is 15.9. The number of aromatic nitrogens is 1. The van der Waals surface area contributed by atoms with Gasteiger partial charge in [-0.2, -0.15) is 0 Å². The molecule has 7 heteroatoms. The van der Waals surface area contributed by atoms with Crippen LogP contribution in [0.4, 0.5) is 4.79 Å². The molecular formula is C19H25N3O3S. The van der Waals surface area contributed by atoms with E-state index in [1.54, 1.807) is 23.2 Å². The first-order valence-electron chi connectivity index (χ1n) is 9.21. The molecule has 1 aliphatic rings. The van der Waals surface area contributed by atoms with Gasteiger partial charge in [-0.05, 0) is 44.7 Å². The quantitative estimate of drug-likeness (QED) is 0.840. The van der Waals surface area contributed by atoms with E-state index in [1.807, 2.05) is 18.2 Å². The molecule has 0 radical (unpaired) electrons. The van der Waals surface area contributed by atoms with Gasteiger partial charge in [-0.25, -0.2) is 9.78 Å². The Kier molecular flexibility index (Phi) is 6.44. The second kappa shape index (κ2) is 8.98. The molecule has 3 rings (SSSR count). The minimum absolute atomic E-state index is 0.0840. The number of rotatable bonds is 6. The second-order valence-corrected chi connectivity index (χ2v) is 7.57. The highest BCUT2D eigenvalue weighted by molar-refractivity contribution is 7.18. The summed E-state index contributed by atoms with van der Waals surface area (Å²) in [5.41, 5.74) is 1.03. The lowest BCUT2D eigenvalue weighted by molar-refractivity contribution is -0.122. The van der Waals surface area contributed by atoms with Crippen molar-refractivity contribution in [2.45, 2.75) is 45.1 Å². The molecule has 2 heterocycles. The average molecular weight is 375 g/mol. The molecule has 1 saturated heterocycles. The summed E-state index contributed by atoms with van der Waals surface area (Å²) in [6.07, 6.45) is 3.44. The predicted octanol–water partition coefficient (Wildman–Crippen LogP) is 3.36. The maximum Gasteiger partial charge on any atom is 0.409 e. The van der Waals surface area contributed by atoms with Crippen LogP contribution in [0, 0.1) is 0 Å². The number of likely N-dealkylation sites (tertiary alicyclic amines) is 1. The van der Waals surface area contributed by atoms with Gasteiger partial charge in [0.05, 0.1) is 21.8 Å². The Hall–Kier alpha value is -2.15. The number of amides is 2. The van der Waals surface area contributed by atoms with Crippen LogP contribution in [0.1, 0.15) is 37.6 Å². The predicted molar refractivity (Wildman–Crippen MR) is 102 cm³/mol. The van der Waals surface area contributed by atoms with Crippen LogP contribution in [0.3, 0.4) is 0 Å². The Bertz CT molecular complexity index is 720. The molecule has 1 aromatic heterocycles. The van der Waals surface area contributed by atoms with Gasteiger partial charge >= 0.3 is 6.09 Å². The van der Waals surface area contributed by atoms with Crippen LogP contribution >= 0.6 is 11.3 Å². The molecule has 1 N–H and O–H groups in total. The lowest BCUT2D eigenvalue weighted by Crippen LogP contribution is -2.46. The molecule has 2 amide bonds. The largest absolute Gasteiger partial charge is 0.450 e. The maximum absolute atomic E-state index is 12.2. The molecule has 0 unspecified atom stereocenters. The Labute approximate surface area is 157 Å². The molecule has 1 fully saturated rings. The van der Waals surface area contributed by atoms with Crippen molar-refractivity contribution in [2.75, 3.05) is 19.7 Å². The monoisotopic (exact) mass is 375 g/mol. The molecular weight excluding hydrogens is 350 g/mol. The topological polar surface area (TPSA) is 71.5 Å². The third kappa shape index (κ3) is 4.94. The number of fused-ring (bicyclic) bond motifs is 1. The fraction of sp³-hybridized carbons (Fsp3) is 0.526. The summed E-state index contributed by atoms with van der Waals surface area (Å²) in [5.74, 6) is 0.0840. The number of piperidine rings is 1. The first-order chi connectivity index (χ1) is 12.7. The van der Waals surface area contributed by atoms with E-state index in [0.717, 1.165) is 36.2 Å². The number of aryl methyl sites for hydroxylation is 1. The Balaban J connectivity index is 1.36. The van der Waals surface area contributed by atoms with Crippen molar-refractivity contribution in [2.24, 2.45) is 0 Å². The van der Waals surface area contributed by atoms with Gasteiger partial charge in [-0.15, -0.1) is 11.3 Å². The van der Waals surface area contributed by atoms with E-state index >= 15 is 0 Å². The molecule has 1 aromatic carbocycles. The summed E-state index contributed by atoms with van der Waals surface area (Å²) in [7, 11) is 0. The number of hydrogen-bond donors (Lipinski definition) is 1. The van der Waals surface area contributed by atoms with E-state index in [-0.39, 0.29) is 18.0 Å². The first kappa shape index (κ1) is 18.6. The zero-order valence-electron chi connectivity index (χ0n) is 15.1. The number of hydrogen-bond acceptors (Lipinski definition) is 5. The van der Waals surface area contributed by atoms with E-state index < -0.39 is 0 Å². The van der Waals surface area contributed by atoms with Crippen molar-refractivity contribution in [3.05, 3.63) is 29.3 Å². The van der Waals surface area contributed by atoms with Crippen LogP contribution in [0.25, 0.3) is 10.2 Å². The summed E-state index contributed by atoms with van der Waals surface area (Å²) in [5, 5.41) is 4.17. The molecule has 26 heavy (non-hydrogen) atoms. The number of carbonyl (C=O) groups is 2. The molecule has 0 atom stereocenters. The molecule has 0 saturated carbocycles. The van der Waals surface area contributed by atoms with Crippen molar-refractivity contribution in [3.8, 4) is 0 Å². The second-order valence-electron chi connectivity index (χ2n) is 6.46. The minimum Gasteiger partial charge on any atom is -0.450 e. The number of thiazole rings is 1. The van der Waals surface area contributed by atoms with Crippen LogP contribution < -0.4 is 5.32 Å². The standard InChI is InChI=1S/C19H25N3O3S/c1-2-25-19(24)22-12-10-14(11-13-22)20-17(23)8-5-9-18-21-15-6-3-4-7-16(15)26-18/h3-4,6-7,14H,2,5,8-13H2,1H3,(H,20,23). The van der Waals surface area contributed by atoms with Crippen molar-refractivity contribution in [3.63, 3.8) is 0 Å². The minimum atomic E-state index is -0.256. The maximum atomic E-state index is 12.2. The normalized spacial score (nSPS) is 15.2. The van der Waals surface area contributed by atoms with E-state index in [1.165, 1.54) is 4.70 Å². The number of nitrogens with zero attached hydrogens (tertiary/aromatic N) is 2. The Morgan fingerprint density at radius 1 is 1.31 bits per heavy atom.